The van der Waals surface area contributed by atoms with E-state index >= 15 is 0 Å². The van der Waals surface area contributed by atoms with Gasteiger partial charge in [-0.15, -0.1) is 0 Å². The van der Waals surface area contributed by atoms with Crippen molar-refractivity contribution < 1.29 is 13.6 Å². The van der Waals surface area contributed by atoms with Gasteiger partial charge in [-0.3, -0.25) is 5.10 Å². The lowest BCUT2D eigenvalue weighted by molar-refractivity contribution is 0.245. The summed E-state index contributed by atoms with van der Waals surface area (Å²) < 4.78 is 27.1. The molecule has 1 saturated heterocycles. The van der Waals surface area contributed by atoms with E-state index in [1.807, 2.05) is 13.0 Å². The summed E-state index contributed by atoms with van der Waals surface area (Å²) in [5, 5.41) is 12.1. The molecular weight excluding hydrogens is 316 g/mol. The van der Waals surface area contributed by atoms with Gasteiger partial charge in [0.25, 0.3) is 0 Å². The van der Waals surface area contributed by atoms with Crippen LogP contribution in [0.1, 0.15) is 18.5 Å². The summed E-state index contributed by atoms with van der Waals surface area (Å²) in [6.07, 6.45) is 1.47. The van der Waals surface area contributed by atoms with Crippen molar-refractivity contribution in [2.45, 2.75) is 25.8 Å². The van der Waals surface area contributed by atoms with Gasteiger partial charge in [0.1, 0.15) is 17.3 Å². The second kappa shape index (κ2) is 6.86. The first-order valence-electron chi connectivity index (χ1n) is 7.81. The van der Waals surface area contributed by atoms with E-state index in [0.717, 1.165) is 49.6 Å². The zero-order chi connectivity index (χ0) is 17.1. The van der Waals surface area contributed by atoms with E-state index in [9.17, 15) is 13.6 Å². The molecule has 1 aromatic carbocycles. The number of aromatic nitrogens is 2. The zero-order valence-corrected chi connectivity index (χ0v) is 13.3. The lowest BCUT2D eigenvalue weighted by atomic mass is 10.1. The van der Waals surface area contributed by atoms with Crippen molar-refractivity contribution in [2.75, 3.05) is 23.3 Å². The average molecular weight is 335 g/mol. The summed E-state index contributed by atoms with van der Waals surface area (Å²) >= 11 is 0. The number of aromatic amines is 1. The molecule has 0 saturated carbocycles. The number of benzene rings is 1. The van der Waals surface area contributed by atoms with E-state index in [1.165, 1.54) is 6.07 Å². The summed E-state index contributed by atoms with van der Waals surface area (Å²) in [7, 11) is 0. The molecule has 1 aliphatic rings. The maximum atomic E-state index is 13.5. The number of carbonyl (C=O) groups excluding carboxylic acids is 1. The molecule has 6 nitrogen and oxygen atoms in total. The fourth-order valence-electron chi connectivity index (χ4n) is 2.77. The summed E-state index contributed by atoms with van der Waals surface area (Å²) in [5.74, 6) is -0.702. The third kappa shape index (κ3) is 3.64. The third-order valence-electron chi connectivity index (χ3n) is 4.05. The highest BCUT2D eigenvalue weighted by Gasteiger charge is 2.22. The largest absolute Gasteiger partial charge is 0.355 e. The van der Waals surface area contributed by atoms with Crippen LogP contribution in [0.5, 0.6) is 0 Å². The number of carbonyl (C=O) groups is 1. The molecule has 1 aromatic heterocycles. The van der Waals surface area contributed by atoms with E-state index in [0.29, 0.717) is 0 Å². The van der Waals surface area contributed by atoms with E-state index in [1.54, 1.807) is 0 Å². The van der Waals surface area contributed by atoms with Crippen molar-refractivity contribution in [3.8, 4) is 0 Å². The van der Waals surface area contributed by atoms with Crippen LogP contribution in [0.15, 0.2) is 24.3 Å². The number of aryl methyl sites for hydroxylation is 1. The Balaban J connectivity index is 1.51. The molecule has 2 amide bonds. The summed E-state index contributed by atoms with van der Waals surface area (Å²) in [5.41, 5.74) is 0.566. The van der Waals surface area contributed by atoms with Crippen LogP contribution in [0.25, 0.3) is 0 Å². The number of para-hydroxylation sites is 1. The monoisotopic (exact) mass is 335 g/mol. The van der Waals surface area contributed by atoms with Crippen LogP contribution in [0, 0.1) is 18.6 Å². The number of anilines is 2. The number of H-pyrrole nitrogens is 1. The molecule has 0 unspecified atom stereocenters. The standard InChI is InChI=1S/C16H19F2N5O/c1-10-9-14(22-21-10)23-7-5-11(6-8-23)19-16(24)20-15-12(17)3-2-4-13(15)18/h2-4,9,11H,5-8H2,1H3,(H,21,22)(H2,19,20,24). The molecule has 24 heavy (non-hydrogen) atoms. The number of nitrogens with one attached hydrogen (secondary N) is 3. The van der Waals surface area contributed by atoms with Gasteiger partial charge in [-0.25, -0.2) is 13.6 Å². The summed E-state index contributed by atoms with van der Waals surface area (Å²) in [6, 6.07) is 4.78. The number of urea groups is 1. The molecule has 0 radical (unpaired) electrons. The van der Waals surface area contributed by atoms with Gasteiger partial charge in [0.2, 0.25) is 0 Å². The van der Waals surface area contributed by atoms with Crippen LogP contribution in [0.3, 0.4) is 0 Å². The van der Waals surface area contributed by atoms with Crippen LogP contribution in [0.4, 0.5) is 25.1 Å². The normalized spacial score (nSPS) is 15.4. The van der Waals surface area contributed by atoms with Crippen molar-refractivity contribution >= 4 is 17.5 Å². The molecule has 8 heteroatoms. The van der Waals surface area contributed by atoms with Crippen molar-refractivity contribution in [3.05, 3.63) is 41.6 Å². The Morgan fingerprint density at radius 3 is 2.54 bits per heavy atom. The Labute approximate surface area is 138 Å². The maximum absolute atomic E-state index is 13.5. The minimum absolute atomic E-state index is 0.0453. The molecule has 128 valence electrons. The van der Waals surface area contributed by atoms with E-state index in [2.05, 4.69) is 25.7 Å². The smallest absolute Gasteiger partial charge is 0.319 e. The number of rotatable bonds is 3. The highest BCUT2D eigenvalue weighted by molar-refractivity contribution is 5.89. The molecule has 0 atom stereocenters. The Hall–Kier alpha value is -2.64. The van der Waals surface area contributed by atoms with E-state index in [4.69, 9.17) is 0 Å². The number of amides is 2. The van der Waals surface area contributed by atoms with Gasteiger partial charge in [-0.2, -0.15) is 5.10 Å². The van der Waals surface area contributed by atoms with Crippen LogP contribution in [-0.2, 0) is 0 Å². The Morgan fingerprint density at radius 2 is 1.96 bits per heavy atom. The predicted molar refractivity (Wildman–Crippen MR) is 87.1 cm³/mol. The lowest BCUT2D eigenvalue weighted by Crippen LogP contribution is -2.46. The number of nitrogens with zero attached hydrogens (tertiary/aromatic N) is 2. The van der Waals surface area contributed by atoms with Crippen LogP contribution < -0.4 is 15.5 Å². The van der Waals surface area contributed by atoms with Crippen molar-refractivity contribution in [1.82, 2.24) is 15.5 Å². The molecular formula is C16H19F2N5O. The van der Waals surface area contributed by atoms with E-state index < -0.39 is 23.4 Å². The first-order chi connectivity index (χ1) is 11.5. The highest BCUT2D eigenvalue weighted by atomic mass is 19.1. The molecule has 0 bridgehead atoms. The fourth-order valence-corrected chi connectivity index (χ4v) is 2.77. The first-order valence-corrected chi connectivity index (χ1v) is 7.81. The van der Waals surface area contributed by atoms with Gasteiger partial charge in [-0.1, -0.05) is 6.07 Å². The number of hydrogen-bond acceptors (Lipinski definition) is 3. The Bertz CT molecular complexity index is 705. The highest BCUT2D eigenvalue weighted by Crippen LogP contribution is 2.20. The van der Waals surface area contributed by atoms with Crippen LogP contribution in [-0.4, -0.2) is 35.4 Å². The van der Waals surface area contributed by atoms with E-state index in [-0.39, 0.29) is 6.04 Å². The molecule has 3 rings (SSSR count). The molecule has 1 aliphatic heterocycles. The number of halogens is 2. The second-order valence-corrected chi connectivity index (χ2v) is 5.87. The van der Waals surface area contributed by atoms with Crippen molar-refractivity contribution in [3.63, 3.8) is 0 Å². The second-order valence-electron chi connectivity index (χ2n) is 5.87. The molecule has 3 N–H and O–H groups in total. The lowest BCUT2D eigenvalue weighted by Gasteiger charge is -2.32. The van der Waals surface area contributed by atoms with Gasteiger partial charge in [0.05, 0.1) is 0 Å². The van der Waals surface area contributed by atoms with Gasteiger partial charge in [0.15, 0.2) is 5.82 Å². The SMILES string of the molecule is Cc1cc(N2CCC(NC(=O)Nc3c(F)cccc3F)CC2)n[nH]1. The number of hydrogen-bond donors (Lipinski definition) is 3. The summed E-state index contributed by atoms with van der Waals surface area (Å²) in [4.78, 5) is 14.1. The molecule has 0 aliphatic carbocycles. The maximum Gasteiger partial charge on any atom is 0.319 e. The van der Waals surface area contributed by atoms with Gasteiger partial charge in [-0.05, 0) is 31.9 Å². The minimum Gasteiger partial charge on any atom is -0.355 e. The van der Waals surface area contributed by atoms with Crippen LogP contribution >= 0.6 is 0 Å². The van der Waals surface area contributed by atoms with Gasteiger partial charge < -0.3 is 15.5 Å². The minimum atomic E-state index is -0.797. The third-order valence-corrected chi connectivity index (χ3v) is 4.05. The van der Waals surface area contributed by atoms with Gasteiger partial charge >= 0.3 is 6.03 Å². The fraction of sp³-hybridized carbons (Fsp3) is 0.375. The topological polar surface area (TPSA) is 73.1 Å². The zero-order valence-electron chi connectivity index (χ0n) is 13.3. The summed E-state index contributed by atoms with van der Waals surface area (Å²) in [6.45, 7) is 3.45. The number of piperidine rings is 1. The van der Waals surface area contributed by atoms with Crippen LogP contribution in [0.2, 0.25) is 0 Å². The van der Waals surface area contributed by atoms with Crippen molar-refractivity contribution in [1.29, 1.82) is 0 Å². The molecule has 2 heterocycles. The molecule has 1 fully saturated rings. The van der Waals surface area contributed by atoms with Gasteiger partial charge in [0, 0.05) is 30.9 Å². The quantitative estimate of drug-likeness (QED) is 0.807. The first kappa shape index (κ1) is 16.2. The molecule has 0 spiro atoms. The predicted octanol–water partition coefficient (Wildman–Crippen LogP) is 2.79. The van der Waals surface area contributed by atoms with Crippen molar-refractivity contribution in [2.24, 2.45) is 0 Å². The Kier molecular flexibility index (Phi) is 4.64. The Morgan fingerprint density at radius 1 is 1.29 bits per heavy atom. The average Bonchev–Trinajstić information content (AvgIpc) is 2.98. The molecule has 2 aromatic rings.